The predicted molar refractivity (Wildman–Crippen MR) is 142 cm³/mol. The van der Waals surface area contributed by atoms with E-state index in [1.165, 1.54) is 0 Å². The van der Waals surface area contributed by atoms with Crippen LogP contribution in [0, 0.1) is 11.3 Å². The second-order valence-corrected chi connectivity index (χ2v) is 8.77. The number of amides is 1. The van der Waals surface area contributed by atoms with Crippen LogP contribution >= 0.6 is 11.8 Å². The fourth-order valence-corrected chi connectivity index (χ4v) is 4.52. The number of hydrogen-bond donors (Lipinski definition) is 1. The van der Waals surface area contributed by atoms with Crippen molar-refractivity contribution in [3.05, 3.63) is 117 Å². The normalized spacial score (nSPS) is 15.0. The molecule has 1 amide bonds. The van der Waals surface area contributed by atoms with Crippen molar-refractivity contribution < 1.29 is 24.2 Å². The second-order valence-electron chi connectivity index (χ2n) is 7.74. The fourth-order valence-electron chi connectivity index (χ4n) is 3.51. The van der Waals surface area contributed by atoms with Gasteiger partial charge < -0.3 is 14.6 Å². The van der Waals surface area contributed by atoms with Gasteiger partial charge in [0.1, 0.15) is 28.7 Å². The summed E-state index contributed by atoms with van der Waals surface area (Å²) in [7, 11) is 0. The lowest BCUT2D eigenvalue weighted by Gasteiger charge is -2.11. The summed E-state index contributed by atoms with van der Waals surface area (Å²) in [5, 5.41) is 20.3. The molecule has 1 aliphatic heterocycles. The highest BCUT2D eigenvalue weighted by Crippen LogP contribution is 2.40. The van der Waals surface area contributed by atoms with E-state index in [0.717, 1.165) is 17.3 Å². The zero-order valence-corrected chi connectivity index (χ0v) is 20.7. The van der Waals surface area contributed by atoms with Gasteiger partial charge in [0.2, 0.25) is 0 Å². The molecular weight excluding hydrogens is 488 g/mol. The van der Waals surface area contributed by atoms with Crippen molar-refractivity contribution in [1.29, 1.82) is 5.26 Å². The molecule has 184 valence electrons. The summed E-state index contributed by atoms with van der Waals surface area (Å²) in [6.07, 6.45) is 1.65. The molecule has 0 atom stereocenters. The maximum absolute atomic E-state index is 12.7. The molecule has 4 rings (SSSR count). The van der Waals surface area contributed by atoms with E-state index in [2.05, 4.69) is 11.1 Å². The Balaban J connectivity index is 1.66. The first-order valence-corrected chi connectivity index (χ1v) is 12.2. The molecule has 0 radical (unpaired) electrons. The first-order chi connectivity index (χ1) is 18.0. The predicted octanol–water partition coefficient (Wildman–Crippen LogP) is 5.84. The maximum atomic E-state index is 12.7. The Labute approximate surface area is 218 Å². The lowest BCUT2D eigenvalue weighted by Crippen LogP contribution is -2.14. The molecule has 1 heterocycles. The Kier molecular flexibility index (Phi) is 8.18. The van der Waals surface area contributed by atoms with E-state index in [0.29, 0.717) is 27.3 Å². The summed E-state index contributed by atoms with van der Waals surface area (Å²) in [6.45, 7) is 1.92. The summed E-state index contributed by atoms with van der Waals surface area (Å²) in [5.74, 6) is -1.13. The average molecular weight is 511 g/mol. The van der Waals surface area contributed by atoms with E-state index in [-0.39, 0.29) is 29.6 Å². The number of carbonyl (C=O) groups excluding carboxylic acids is 2. The number of rotatable bonds is 7. The standard InChI is InChI=1S/C29H22N2O5S/c1-2-35-29(34)25-26(32)24(37-28(25)31-27(33)19-10-4-3-5-11-19)16-20-12-8-9-15-23(20)36-18-22-14-7-6-13-21(22)17-30/h3-16,32H,2,18H2,1H3/b24-16-,31-28?. The highest BCUT2D eigenvalue weighted by molar-refractivity contribution is 8.18. The molecule has 1 aliphatic rings. The van der Waals surface area contributed by atoms with Gasteiger partial charge in [0, 0.05) is 16.7 Å². The Hall–Kier alpha value is -4.61. The number of ether oxygens (including phenoxy) is 2. The Bertz CT molecular complexity index is 1470. The number of carbonyl (C=O) groups is 2. The van der Waals surface area contributed by atoms with Crippen LogP contribution in [0.1, 0.15) is 34.0 Å². The molecule has 0 spiro atoms. The van der Waals surface area contributed by atoms with Crippen molar-refractivity contribution in [3.8, 4) is 11.8 Å². The van der Waals surface area contributed by atoms with E-state index >= 15 is 0 Å². The molecule has 0 bridgehead atoms. The third kappa shape index (κ3) is 5.97. The Morgan fingerprint density at radius 2 is 1.73 bits per heavy atom. The molecule has 7 nitrogen and oxygen atoms in total. The zero-order chi connectivity index (χ0) is 26.2. The van der Waals surface area contributed by atoms with Crippen molar-refractivity contribution in [1.82, 2.24) is 0 Å². The van der Waals surface area contributed by atoms with Crippen molar-refractivity contribution in [2.45, 2.75) is 13.5 Å². The number of nitrogens with zero attached hydrogens (tertiary/aromatic N) is 2. The van der Waals surface area contributed by atoms with Crippen LogP contribution in [-0.2, 0) is 16.1 Å². The Morgan fingerprint density at radius 3 is 2.49 bits per heavy atom. The third-order valence-corrected chi connectivity index (χ3v) is 6.34. The number of aliphatic imine (C=N–C) groups is 1. The summed E-state index contributed by atoms with van der Waals surface area (Å²) in [6, 6.07) is 24.9. The minimum absolute atomic E-state index is 0.0531. The molecule has 37 heavy (non-hydrogen) atoms. The van der Waals surface area contributed by atoms with Crippen molar-refractivity contribution >= 4 is 34.8 Å². The largest absolute Gasteiger partial charge is 0.506 e. The molecule has 1 N–H and O–H groups in total. The number of benzene rings is 3. The van der Waals surface area contributed by atoms with E-state index in [9.17, 15) is 20.0 Å². The van der Waals surface area contributed by atoms with Gasteiger partial charge in [0.15, 0.2) is 0 Å². The topological polar surface area (TPSA) is 109 Å². The van der Waals surface area contributed by atoms with Gasteiger partial charge >= 0.3 is 5.97 Å². The van der Waals surface area contributed by atoms with Crippen LogP contribution in [0.2, 0.25) is 0 Å². The SMILES string of the molecule is CCOC(=O)C1=C(O)/C(=C/c2ccccc2OCc2ccccc2C#N)SC1=NC(=O)c1ccccc1. The molecule has 0 aromatic heterocycles. The van der Waals surface area contributed by atoms with Crippen LogP contribution in [0.25, 0.3) is 6.08 Å². The van der Waals surface area contributed by atoms with Crippen molar-refractivity contribution in [3.63, 3.8) is 0 Å². The van der Waals surface area contributed by atoms with E-state index in [1.54, 1.807) is 73.7 Å². The van der Waals surface area contributed by atoms with Crippen LogP contribution in [0.3, 0.4) is 0 Å². The van der Waals surface area contributed by atoms with Crippen molar-refractivity contribution in [2.75, 3.05) is 6.61 Å². The number of thioether (sulfide) groups is 1. The molecular formula is C29H22N2O5S. The number of nitriles is 1. The molecule has 0 aliphatic carbocycles. The first kappa shape index (κ1) is 25.5. The van der Waals surface area contributed by atoms with Gasteiger partial charge in [-0.2, -0.15) is 5.26 Å². The average Bonchev–Trinajstić information content (AvgIpc) is 3.23. The smallest absolute Gasteiger partial charge is 0.344 e. The van der Waals surface area contributed by atoms with Gasteiger partial charge in [-0.1, -0.05) is 66.4 Å². The van der Waals surface area contributed by atoms with Crippen LogP contribution in [0.15, 0.2) is 100 Å². The molecule has 0 unspecified atom stereocenters. The summed E-state index contributed by atoms with van der Waals surface area (Å²) >= 11 is 0.995. The minimum atomic E-state index is -0.770. The van der Waals surface area contributed by atoms with Crippen LogP contribution in [0.5, 0.6) is 5.75 Å². The van der Waals surface area contributed by atoms with E-state index < -0.39 is 11.9 Å². The third-order valence-electron chi connectivity index (χ3n) is 5.32. The van der Waals surface area contributed by atoms with Crippen LogP contribution in [0.4, 0.5) is 0 Å². The van der Waals surface area contributed by atoms with Crippen LogP contribution < -0.4 is 4.74 Å². The molecule has 0 fully saturated rings. The monoisotopic (exact) mass is 510 g/mol. The van der Waals surface area contributed by atoms with Gasteiger partial charge in [-0.3, -0.25) is 4.79 Å². The van der Waals surface area contributed by atoms with Crippen molar-refractivity contribution in [2.24, 2.45) is 4.99 Å². The summed E-state index contributed by atoms with van der Waals surface area (Å²) < 4.78 is 11.1. The lowest BCUT2D eigenvalue weighted by atomic mass is 10.1. The van der Waals surface area contributed by atoms with Gasteiger partial charge in [0.05, 0.1) is 23.1 Å². The van der Waals surface area contributed by atoms with Gasteiger partial charge in [-0.15, -0.1) is 0 Å². The number of para-hydroxylation sites is 1. The highest BCUT2D eigenvalue weighted by atomic mass is 32.2. The van der Waals surface area contributed by atoms with Crippen LogP contribution in [-0.4, -0.2) is 28.6 Å². The summed E-state index contributed by atoms with van der Waals surface area (Å²) in [4.78, 5) is 29.8. The number of aliphatic hydroxyl groups excluding tert-OH is 1. The maximum Gasteiger partial charge on any atom is 0.344 e. The number of esters is 1. The van der Waals surface area contributed by atoms with E-state index in [4.69, 9.17) is 9.47 Å². The molecule has 3 aromatic carbocycles. The minimum Gasteiger partial charge on any atom is -0.506 e. The van der Waals surface area contributed by atoms with Gasteiger partial charge in [-0.25, -0.2) is 9.79 Å². The molecule has 3 aromatic rings. The fraction of sp³-hybridized carbons (Fsp3) is 0.103. The van der Waals surface area contributed by atoms with E-state index in [1.807, 2.05) is 18.2 Å². The zero-order valence-electron chi connectivity index (χ0n) is 19.9. The molecule has 0 saturated heterocycles. The lowest BCUT2D eigenvalue weighted by molar-refractivity contribution is -0.138. The highest BCUT2D eigenvalue weighted by Gasteiger charge is 2.34. The quantitative estimate of drug-likeness (QED) is 0.398. The van der Waals surface area contributed by atoms with Gasteiger partial charge in [0.25, 0.3) is 5.91 Å². The Morgan fingerprint density at radius 1 is 1.03 bits per heavy atom. The first-order valence-electron chi connectivity index (χ1n) is 11.4. The molecule has 0 saturated carbocycles. The summed E-state index contributed by atoms with van der Waals surface area (Å²) in [5.41, 5.74) is 2.08. The molecule has 8 heteroatoms. The second kappa shape index (κ2) is 11.9. The number of hydrogen-bond acceptors (Lipinski definition) is 7. The van der Waals surface area contributed by atoms with Gasteiger partial charge in [-0.05, 0) is 37.3 Å². The number of aliphatic hydroxyl groups is 1.